The van der Waals surface area contributed by atoms with E-state index < -0.39 is 5.41 Å². The van der Waals surface area contributed by atoms with Crippen molar-refractivity contribution in [3.8, 4) is 0 Å². The number of hydrogen-bond acceptors (Lipinski definition) is 3. The van der Waals surface area contributed by atoms with Crippen molar-refractivity contribution >= 4 is 23.1 Å². The molecule has 0 radical (unpaired) electrons. The minimum atomic E-state index is -0.609. The maximum absolute atomic E-state index is 13.0. The first-order valence-corrected chi connectivity index (χ1v) is 7.64. The summed E-state index contributed by atoms with van der Waals surface area (Å²) in [6, 6.07) is 0. The van der Waals surface area contributed by atoms with Crippen LogP contribution in [0.1, 0.15) is 37.9 Å². The van der Waals surface area contributed by atoms with Crippen molar-refractivity contribution < 1.29 is 4.79 Å². The lowest BCUT2D eigenvalue weighted by Crippen LogP contribution is -2.53. The van der Waals surface area contributed by atoms with Crippen LogP contribution in [0.15, 0.2) is 12.4 Å². The van der Waals surface area contributed by atoms with Crippen molar-refractivity contribution in [3.63, 3.8) is 0 Å². The van der Waals surface area contributed by atoms with Gasteiger partial charge in [0.25, 0.3) is 0 Å². The molecule has 5 nitrogen and oxygen atoms in total. The monoisotopic (exact) mass is 292 g/mol. The molecule has 0 bridgehead atoms. The number of imidazole rings is 1. The van der Waals surface area contributed by atoms with E-state index in [0.29, 0.717) is 18.1 Å². The molecular formula is C14H20N4OS. The number of carbonyl (C=O) groups excluding carboxylic acids is 1. The predicted octanol–water partition coefficient (Wildman–Crippen LogP) is 1.46. The van der Waals surface area contributed by atoms with Crippen LogP contribution in [0.4, 0.5) is 0 Å². The van der Waals surface area contributed by atoms with E-state index >= 15 is 0 Å². The molecule has 20 heavy (non-hydrogen) atoms. The maximum atomic E-state index is 13.0. The second-order valence-electron chi connectivity index (χ2n) is 5.77. The highest BCUT2D eigenvalue weighted by molar-refractivity contribution is 7.80. The molecule has 108 valence electrons. The summed E-state index contributed by atoms with van der Waals surface area (Å²) in [4.78, 5) is 19.5. The second kappa shape index (κ2) is 5.16. The molecule has 6 heteroatoms. The average Bonchev–Trinajstić information content (AvgIpc) is 2.94. The molecule has 0 atom stereocenters. The molecule has 1 saturated carbocycles. The highest BCUT2D eigenvalue weighted by Crippen LogP contribution is 2.39. The van der Waals surface area contributed by atoms with Crippen LogP contribution in [0.5, 0.6) is 0 Å². The van der Waals surface area contributed by atoms with Gasteiger partial charge in [-0.05, 0) is 12.8 Å². The minimum absolute atomic E-state index is 0.110. The Morgan fingerprint density at radius 2 is 2.05 bits per heavy atom. The summed E-state index contributed by atoms with van der Waals surface area (Å²) >= 11 is 5.24. The number of hydrogen-bond donors (Lipinski definition) is 1. The van der Waals surface area contributed by atoms with Gasteiger partial charge in [-0.2, -0.15) is 0 Å². The summed E-state index contributed by atoms with van der Waals surface area (Å²) in [7, 11) is 0. The van der Waals surface area contributed by atoms with E-state index in [1.54, 1.807) is 6.20 Å². The number of nitrogens with zero attached hydrogens (tertiary/aromatic N) is 3. The van der Waals surface area contributed by atoms with Gasteiger partial charge in [-0.15, -0.1) is 0 Å². The van der Waals surface area contributed by atoms with Crippen LogP contribution >= 0.6 is 12.2 Å². The standard InChI is InChI=1S/C14H20N4OS/c15-12(20)14(4-2-1-3-5-14)13(19)18-9-8-17-7-6-16-11(17)10-18/h6-7H,1-5,8-10H2,(H2,15,20). The molecule has 2 aliphatic rings. The van der Waals surface area contributed by atoms with E-state index in [9.17, 15) is 4.79 Å². The van der Waals surface area contributed by atoms with E-state index in [1.165, 1.54) is 6.42 Å². The van der Waals surface area contributed by atoms with Gasteiger partial charge >= 0.3 is 0 Å². The summed E-state index contributed by atoms with van der Waals surface area (Å²) in [6.45, 7) is 2.08. The molecule has 1 amide bonds. The van der Waals surface area contributed by atoms with Crippen LogP contribution in [0.25, 0.3) is 0 Å². The number of thiocarbonyl (C=S) groups is 1. The van der Waals surface area contributed by atoms with Crippen molar-refractivity contribution in [2.75, 3.05) is 6.54 Å². The Bertz CT molecular complexity index is 533. The fraction of sp³-hybridized carbons (Fsp3) is 0.643. The largest absolute Gasteiger partial charge is 0.392 e. The van der Waals surface area contributed by atoms with E-state index in [0.717, 1.165) is 38.1 Å². The third-order valence-electron chi connectivity index (χ3n) is 4.62. The lowest BCUT2D eigenvalue weighted by Gasteiger charge is -2.40. The zero-order valence-electron chi connectivity index (χ0n) is 11.5. The van der Waals surface area contributed by atoms with Crippen LogP contribution in [0.2, 0.25) is 0 Å². The summed E-state index contributed by atoms with van der Waals surface area (Å²) in [6.07, 6.45) is 8.58. The molecule has 1 aromatic rings. The Morgan fingerprint density at radius 3 is 2.75 bits per heavy atom. The topological polar surface area (TPSA) is 64.2 Å². The third kappa shape index (κ3) is 2.12. The van der Waals surface area contributed by atoms with E-state index in [-0.39, 0.29) is 5.91 Å². The van der Waals surface area contributed by atoms with E-state index in [2.05, 4.69) is 9.55 Å². The number of amides is 1. The Hall–Kier alpha value is -1.43. The summed E-state index contributed by atoms with van der Waals surface area (Å²) in [5.41, 5.74) is 5.34. The van der Waals surface area contributed by atoms with Gasteiger partial charge < -0.3 is 15.2 Å². The normalized spacial score (nSPS) is 21.3. The van der Waals surface area contributed by atoms with Gasteiger partial charge in [0.05, 0.1) is 16.9 Å². The smallest absolute Gasteiger partial charge is 0.236 e. The SMILES string of the molecule is NC(=S)C1(C(=O)N2CCn3ccnc3C2)CCCCC1. The highest BCUT2D eigenvalue weighted by atomic mass is 32.1. The Kier molecular flexibility index (Phi) is 3.50. The van der Waals surface area contributed by atoms with Gasteiger partial charge in [0, 0.05) is 25.5 Å². The average molecular weight is 292 g/mol. The van der Waals surface area contributed by atoms with Gasteiger partial charge in [0.15, 0.2) is 0 Å². The minimum Gasteiger partial charge on any atom is -0.392 e. The van der Waals surface area contributed by atoms with Crippen LogP contribution in [0.3, 0.4) is 0 Å². The van der Waals surface area contributed by atoms with E-state index in [4.69, 9.17) is 18.0 Å². The molecule has 3 rings (SSSR count). The molecule has 1 aliphatic carbocycles. The summed E-state index contributed by atoms with van der Waals surface area (Å²) in [5, 5.41) is 0. The Labute approximate surface area is 124 Å². The van der Waals surface area contributed by atoms with Crippen LogP contribution < -0.4 is 5.73 Å². The number of fused-ring (bicyclic) bond motifs is 1. The van der Waals surface area contributed by atoms with Gasteiger partial charge in [0.1, 0.15) is 5.82 Å². The van der Waals surface area contributed by atoms with Crippen molar-refractivity contribution in [1.82, 2.24) is 14.5 Å². The molecular weight excluding hydrogens is 272 g/mol. The first-order valence-electron chi connectivity index (χ1n) is 7.23. The molecule has 0 unspecified atom stereocenters. The molecule has 0 saturated heterocycles. The first kappa shape index (κ1) is 13.5. The number of carbonyl (C=O) groups is 1. The predicted molar refractivity (Wildman–Crippen MR) is 79.9 cm³/mol. The molecule has 0 spiro atoms. The number of nitrogens with two attached hydrogens (primary N) is 1. The molecule has 1 fully saturated rings. The lowest BCUT2D eigenvalue weighted by molar-refractivity contribution is -0.141. The Balaban J connectivity index is 1.82. The third-order valence-corrected chi connectivity index (χ3v) is 5.01. The van der Waals surface area contributed by atoms with Crippen molar-refractivity contribution in [3.05, 3.63) is 18.2 Å². The van der Waals surface area contributed by atoms with Gasteiger partial charge in [-0.3, -0.25) is 4.79 Å². The highest BCUT2D eigenvalue weighted by Gasteiger charge is 2.45. The summed E-state index contributed by atoms with van der Waals surface area (Å²) < 4.78 is 2.10. The zero-order valence-corrected chi connectivity index (χ0v) is 12.4. The van der Waals surface area contributed by atoms with Gasteiger partial charge in [-0.25, -0.2) is 4.98 Å². The molecule has 1 aromatic heterocycles. The maximum Gasteiger partial charge on any atom is 0.236 e. The van der Waals surface area contributed by atoms with Crippen LogP contribution in [-0.4, -0.2) is 31.9 Å². The molecule has 0 aromatic carbocycles. The zero-order chi connectivity index (χ0) is 14.2. The second-order valence-corrected chi connectivity index (χ2v) is 6.21. The van der Waals surface area contributed by atoms with Gasteiger partial charge in [-0.1, -0.05) is 31.5 Å². The fourth-order valence-corrected chi connectivity index (χ4v) is 3.66. The molecule has 2 N–H and O–H groups in total. The number of rotatable bonds is 2. The number of aromatic nitrogens is 2. The van der Waals surface area contributed by atoms with Crippen molar-refractivity contribution in [1.29, 1.82) is 0 Å². The quantitative estimate of drug-likeness (QED) is 0.838. The lowest BCUT2D eigenvalue weighted by atomic mass is 9.72. The molecule has 2 heterocycles. The van der Waals surface area contributed by atoms with Crippen LogP contribution in [-0.2, 0) is 17.9 Å². The molecule has 1 aliphatic heterocycles. The van der Waals surface area contributed by atoms with Crippen molar-refractivity contribution in [2.45, 2.75) is 45.2 Å². The van der Waals surface area contributed by atoms with Crippen molar-refractivity contribution in [2.24, 2.45) is 11.1 Å². The summed E-state index contributed by atoms with van der Waals surface area (Å²) in [5.74, 6) is 1.05. The Morgan fingerprint density at radius 1 is 1.30 bits per heavy atom. The first-order chi connectivity index (χ1) is 9.63. The van der Waals surface area contributed by atoms with Crippen LogP contribution in [0, 0.1) is 5.41 Å². The fourth-order valence-electron chi connectivity index (χ4n) is 3.37. The van der Waals surface area contributed by atoms with E-state index in [1.807, 2.05) is 11.1 Å². The van der Waals surface area contributed by atoms with Gasteiger partial charge in [0.2, 0.25) is 5.91 Å².